The molecule has 8 heteroatoms. The first-order valence-corrected chi connectivity index (χ1v) is 12.3. The summed E-state index contributed by atoms with van der Waals surface area (Å²) in [6.07, 6.45) is 3.87. The van der Waals surface area contributed by atoms with Gasteiger partial charge in [0.05, 0.1) is 22.4 Å². The van der Waals surface area contributed by atoms with E-state index in [1.165, 1.54) is 16.2 Å². The van der Waals surface area contributed by atoms with Crippen molar-refractivity contribution in [1.82, 2.24) is 9.97 Å². The van der Waals surface area contributed by atoms with Crippen molar-refractivity contribution in [3.8, 4) is 0 Å². The molecule has 0 spiro atoms. The number of amides is 3. The van der Waals surface area contributed by atoms with E-state index in [4.69, 9.17) is 4.98 Å². The molecule has 0 aliphatic carbocycles. The standard InChI is InChI=1S/C27H24N4O3S/c1-17(2)21-6-3-7-22-25(21)29-27(35-22)30(16-18-5-4-14-28-15-18)26(34)19-8-10-20(11-9-19)31-23(32)12-13-24(31)33/h3-11,14-15,17H,12-13,16H2,1-2H3. The number of fused-ring (bicyclic) bond motifs is 1. The lowest BCUT2D eigenvalue weighted by Crippen LogP contribution is -2.31. The molecule has 5 rings (SSSR count). The topological polar surface area (TPSA) is 83.5 Å². The van der Waals surface area contributed by atoms with Crippen molar-refractivity contribution in [2.24, 2.45) is 0 Å². The van der Waals surface area contributed by atoms with Gasteiger partial charge in [0.25, 0.3) is 5.91 Å². The smallest absolute Gasteiger partial charge is 0.260 e. The second-order valence-corrected chi connectivity index (χ2v) is 9.78. The first-order valence-electron chi connectivity index (χ1n) is 11.5. The predicted octanol–water partition coefficient (Wildman–Crippen LogP) is 5.32. The van der Waals surface area contributed by atoms with E-state index in [1.54, 1.807) is 41.6 Å². The van der Waals surface area contributed by atoms with E-state index in [1.807, 2.05) is 24.3 Å². The SMILES string of the molecule is CC(C)c1cccc2sc(N(Cc3cccnc3)C(=O)c3ccc(N4C(=O)CCC4=O)cc3)nc12. The maximum atomic E-state index is 13.7. The van der Waals surface area contributed by atoms with E-state index in [0.717, 1.165) is 21.3 Å². The average molecular weight is 485 g/mol. The average Bonchev–Trinajstić information content (AvgIpc) is 3.45. The summed E-state index contributed by atoms with van der Waals surface area (Å²) in [6.45, 7) is 4.57. The summed E-state index contributed by atoms with van der Waals surface area (Å²) >= 11 is 1.48. The third-order valence-corrected chi connectivity index (χ3v) is 7.07. The monoisotopic (exact) mass is 484 g/mol. The highest BCUT2D eigenvalue weighted by molar-refractivity contribution is 7.22. The number of rotatable bonds is 6. The number of anilines is 2. The lowest BCUT2D eigenvalue weighted by Gasteiger charge is -2.21. The van der Waals surface area contributed by atoms with Crippen LogP contribution in [-0.4, -0.2) is 27.7 Å². The summed E-state index contributed by atoms with van der Waals surface area (Å²) in [5.41, 5.74) is 3.86. The van der Waals surface area contributed by atoms with Crippen LogP contribution in [0.1, 0.15) is 54.1 Å². The van der Waals surface area contributed by atoms with Crippen LogP contribution in [0.3, 0.4) is 0 Å². The van der Waals surface area contributed by atoms with Gasteiger partial charge in [0.15, 0.2) is 5.13 Å². The summed E-state index contributed by atoms with van der Waals surface area (Å²) < 4.78 is 1.02. The largest absolute Gasteiger partial charge is 0.279 e. The van der Waals surface area contributed by atoms with Crippen molar-refractivity contribution in [3.63, 3.8) is 0 Å². The number of carbonyl (C=O) groups is 3. The van der Waals surface area contributed by atoms with Gasteiger partial charge >= 0.3 is 0 Å². The van der Waals surface area contributed by atoms with Crippen LogP contribution in [0.25, 0.3) is 10.2 Å². The number of para-hydroxylation sites is 1. The number of benzene rings is 2. The molecule has 1 fully saturated rings. The lowest BCUT2D eigenvalue weighted by molar-refractivity contribution is -0.121. The van der Waals surface area contributed by atoms with Gasteiger partial charge in [0, 0.05) is 30.8 Å². The van der Waals surface area contributed by atoms with E-state index in [-0.39, 0.29) is 30.6 Å². The van der Waals surface area contributed by atoms with Crippen molar-refractivity contribution in [2.45, 2.75) is 39.2 Å². The third-order valence-electron chi connectivity index (χ3n) is 6.02. The van der Waals surface area contributed by atoms with Gasteiger partial charge in [-0.2, -0.15) is 0 Å². The molecule has 0 radical (unpaired) electrons. The molecule has 0 saturated carbocycles. The number of hydrogen-bond donors (Lipinski definition) is 0. The fraction of sp³-hybridized carbons (Fsp3) is 0.222. The zero-order chi connectivity index (χ0) is 24.5. The van der Waals surface area contributed by atoms with Crippen LogP contribution < -0.4 is 9.80 Å². The summed E-state index contributed by atoms with van der Waals surface area (Å²) in [6, 6.07) is 16.5. The molecular formula is C27H24N4O3S. The predicted molar refractivity (Wildman–Crippen MR) is 137 cm³/mol. The Morgan fingerprint density at radius 1 is 1.03 bits per heavy atom. The highest BCUT2D eigenvalue weighted by atomic mass is 32.1. The maximum Gasteiger partial charge on any atom is 0.260 e. The summed E-state index contributed by atoms with van der Waals surface area (Å²) in [5.74, 6) is -0.352. The van der Waals surface area contributed by atoms with Crippen molar-refractivity contribution < 1.29 is 14.4 Å². The van der Waals surface area contributed by atoms with Gasteiger partial charge in [0.2, 0.25) is 11.8 Å². The molecule has 0 N–H and O–H groups in total. The molecule has 2 aromatic carbocycles. The molecule has 176 valence electrons. The van der Waals surface area contributed by atoms with Gasteiger partial charge < -0.3 is 0 Å². The van der Waals surface area contributed by atoms with Crippen LogP contribution in [0.2, 0.25) is 0 Å². The van der Waals surface area contributed by atoms with Gasteiger partial charge in [-0.1, -0.05) is 43.4 Å². The second kappa shape index (κ2) is 9.38. The van der Waals surface area contributed by atoms with Crippen LogP contribution in [0.15, 0.2) is 67.0 Å². The molecule has 1 aliphatic rings. The van der Waals surface area contributed by atoms with Crippen LogP contribution in [0, 0.1) is 0 Å². The third kappa shape index (κ3) is 4.44. The molecule has 2 aromatic heterocycles. The quantitative estimate of drug-likeness (QED) is 0.346. The van der Waals surface area contributed by atoms with Crippen LogP contribution in [0.5, 0.6) is 0 Å². The van der Waals surface area contributed by atoms with E-state index in [9.17, 15) is 14.4 Å². The first kappa shape index (κ1) is 22.9. The van der Waals surface area contributed by atoms with Gasteiger partial charge in [-0.05, 0) is 53.4 Å². The molecular weight excluding hydrogens is 460 g/mol. The molecule has 3 amide bonds. The molecule has 4 aromatic rings. The molecule has 35 heavy (non-hydrogen) atoms. The highest BCUT2D eigenvalue weighted by Crippen LogP contribution is 2.35. The Bertz CT molecular complexity index is 1400. The minimum absolute atomic E-state index is 0.217. The number of hydrogen-bond acceptors (Lipinski definition) is 6. The number of pyridine rings is 1. The normalized spacial score (nSPS) is 13.7. The minimum atomic E-state index is -0.220. The highest BCUT2D eigenvalue weighted by Gasteiger charge is 2.30. The van der Waals surface area contributed by atoms with Crippen molar-refractivity contribution in [1.29, 1.82) is 0 Å². The number of thiazole rings is 1. The van der Waals surface area contributed by atoms with Gasteiger partial charge in [-0.25, -0.2) is 4.98 Å². The molecule has 1 saturated heterocycles. The van der Waals surface area contributed by atoms with Crippen molar-refractivity contribution >= 4 is 50.1 Å². The number of carbonyl (C=O) groups excluding carboxylic acids is 3. The summed E-state index contributed by atoms with van der Waals surface area (Å²) in [4.78, 5) is 49.8. The van der Waals surface area contributed by atoms with E-state index in [0.29, 0.717) is 28.8 Å². The lowest BCUT2D eigenvalue weighted by atomic mass is 10.0. The zero-order valence-corrected chi connectivity index (χ0v) is 20.3. The molecule has 0 atom stereocenters. The fourth-order valence-corrected chi connectivity index (χ4v) is 5.21. The van der Waals surface area contributed by atoms with Gasteiger partial charge in [0.1, 0.15) is 0 Å². The van der Waals surface area contributed by atoms with Gasteiger partial charge in [-0.15, -0.1) is 0 Å². The molecule has 0 unspecified atom stereocenters. The summed E-state index contributed by atoms with van der Waals surface area (Å²) in [5, 5.41) is 0.607. The zero-order valence-electron chi connectivity index (χ0n) is 19.5. The molecule has 1 aliphatic heterocycles. The minimum Gasteiger partial charge on any atom is -0.279 e. The van der Waals surface area contributed by atoms with Crippen molar-refractivity contribution in [2.75, 3.05) is 9.80 Å². The Kier molecular flexibility index (Phi) is 6.13. The Hall–Kier alpha value is -3.91. The van der Waals surface area contributed by atoms with E-state index in [2.05, 4.69) is 24.9 Å². The summed E-state index contributed by atoms with van der Waals surface area (Å²) in [7, 11) is 0. The van der Waals surface area contributed by atoms with Crippen molar-refractivity contribution in [3.05, 3.63) is 83.7 Å². The Balaban J connectivity index is 1.52. The maximum absolute atomic E-state index is 13.7. The number of imide groups is 1. The van der Waals surface area contributed by atoms with E-state index < -0.39 is 0 Å². The Morgan fingerprint density at radius 2 is 1.77 bits per heavy atom. The molecule has 0 bridgehead atoms. The van der Waals surface area contributed by atoms with Gasteiger partial charge in [-0.3, -0.25) is 29.2 Å². The first-order chi connectivity index (χ1) is 16.9. The number of aromatic nitrogens is 2. The number of nitrogens with zero attached hydrogens (tertiary/aromatic N) is 4. The molecule has 3 heterocycles. The fourth-order valence-electron chi connectivity index (χ4n) is 4.21. The van der Waals surface area contributed by atoms with Crippen LogP contribution >= 0.6 is 11.3 Å². The van der Waals surface area contributed by atoms with E-state index >= 15 is 0 Å². The second-order valence-electron chi connectivity index (χ2n) is 8.77. The Morgan fingerprint density at radius 3 is 2.43 bits per heavy atom. The Labute approximate surface area is 207 Å². The van der Waals surface area contributed by atoms with Crippen LogP contribution in [0.4, 0.5) is 10.8 Å². The molecule has 7 nitrogen and oxygen atoms in total. The van der Waals surface area contributed by atoms with Crippen LogP contribution in [-0.2, 0) is 16.1 Å².